The van der Waals surface area contributed by atoms with Crippen LogP contribution >= 0.6 is 11.8 Å². The summed E-state index contributed by atoms with van der Waals surface area (Å²) in [5.74, 6) is 0.183. The van der Waals surface area contributed by atoms with Crippen molar-refractivity contribution in [1.82, 2.24) is 4.98 Å². The Morgan fingerprint density at radius 3 is 2.89 bits per heavy atom. The summed E-state index contributed by atoms with van der Waals surface area (Å²) in [7, 11) is 0. The Balaban J connectivity index is 1.88. The van der Waals surface area contributed by atoms with E-state index in [4.69, 9.17) is 0 Å². The fraction of sp³-hybridized carbons (Fsp3) is 0.214. The molecule has 2 nitrogen and oxygen atoms in total. The van der Waals surface area contributed by atoms with E-state index in [0.717, 1.165) is 23.4 Å². The summed E-state index contributed by atoms with van der Waals surface area (Å²) in [5, 5.41) is 3.28. The first-order valence-electron chi connectivity index (χ1n) is 6.03. The van der Waals surface area contributed by atoms with Crippen LogP contribution in [0, 0.1) is 11.8 Å². The van der Waals surface area contributed by atoms with Crippen LogP contribution in [0.4, 0.5) is 14.5 Å². The van der Waals surface area contributed by atoms with Gasteiger partial charge in [-0.2, -0.15) is 4.39 Å². The Morgan fingerprint density at radius 2 is 2.11 bits per heavy atom. The van der Waals surface area contributed by atoms with Crippen LogP contribution in [0.2, 0.25) is 0 Å². The number of fused-ring (bicyclic) bond motifs is 1. The number of nitrogens with one attached hydrogen (secondary N) is 1. The maximum atomic E-state index is 13.7. The van der Waals surface area contributed by atoms with Crippen molar-refractivity contribution in [2.75, 3.05) is 11.1 Å². The molecule has 0 fully saturated rings. The third-order valence-corrected chi connectivity index (χ3v) is 4.25. The molecule has 1 aliphatic heterocycles. The molecule has 1 aliphatic rings. The lowest BCUT2D eigenvalue weighted by molar-refractivity contribution is 0.581. The van der Waals surface area contributed by atoms with Crippen molar-refractivity contribution >= 4 is 17.4 Å². The zero-order valence-electron chi connectivity index (χ0n) is 10.1. The molecule has 0 saturated heterocycles. The van der Waals surface area contributed by atoms with E-state index in [1.807, 2.05) is 6.07 Å². The lowest BCUT2D eigenvalue weighted by Crippen LogP contribution is -2.17. The number of aromatic nitrogens is 1. The van der Waals surface area contributed by atoms with Crippen LogP contribution in [0.15, 0.2) is 41.4 Å². The van der Waals surface area contributed by atoms with Gasteiger partial charge < -0.3 is 5.32 Å². The minimum atomic E-state index is -0.504. The molecule has 1 atom stereocenters. The van der Waals surface area contributed by atoms with Crippen LogP contribution in [0.25, 0.3) is 0 Å². The van der Waals surface area contributed by atoms with Gasteiger partial charge in [-0.3, -0.25) is 0 Å². The van der Waals surface area contributed by atoms with Gasteiger partial charge in [-0.05, 0) is 30.2 Å². The van der Waals surface area contributed by atoms with Gasteiger partial charge >= 0.3 is 0 Å². The van der Waals surface area contributed by atoms with Crippen LogP contribution in [-0.4, -0.2) is 10.7 Å². The van der Waals surface area contributed by atoms with Gasteiger partial charge in [-0.25, -0.2) is 9.37 Å². The Morgan fingerprint density at radius 1 is 1.21 bits per heavy atom. The zero-order chi connectivity index (χ0) is 13.2. The average molecular weight is 278 g/mol. The van der Waals surface area contributed by atoms with E-state index >= 15 is 0 Å². The maximum absolute atomic E-state index is 13.7. The number of pyridine rings is 1. The Hall–Kier alpha value is -1.62. The van der Waals surface area contributed by atoms with Crippen molar-refractivity contribution in [2.45, 2.75) is 17.4 Å². The molecule has 2 aromatic rings. The van der Waals surface area contributed by atoms with Crippen LogP contribution in [0.5, 0.6) is 0 Å². The lowest BCUT2D eigenvalue weighted by Gasteiger charge is -2.26. The van der Waals surface area contributed by atoms with Gasteiger partial charge in [0.25, 0.3) is 0 Å². The fourth-order valence-electron chi connectivity index (χ4n) is 2.20. The first-order chi connectivity index (χ1) is 9.24. The Labute approximate surface area is 114 Å². The molecule has 0 amide bonds. The largest absolute Gasteiger partial charge is 0.377 e. The van der Waals surface area contributed by atoms with Crippen molar-refractivity contribution < 1.29 is 8.78 Å². The molecule has 0 radical (unpaired) electrons. The van der Waals surface area contributed by atoms with Crippen LogP contribution in [0.3, 0.4) is 0 Å². The van der Waals surface area contributed by atoms with Gasteiger partial charge in [-0.1, -0.05) is 12.1 Å². The highest BCUT2D eigenvalue weighted by Crippen LogP contribution is 2.39. The quantitative estimate of drug-likeness (QED) is 0.840. The van der Waals surface area contributed by atoms with Crippen LogP contribution < -0.4 is 5.32 Å². The fourth-order valence-corrected chi connectivity index (χ4v) is 3.34. The minimum absolute atomic E-state index is 0.0409. The second-order valence-corrected chi connectivity index (χ2v) is 5.47. The van der Waals surface area contributed by atoms with Gasteiger partial charge in [-0.15, -0.1) is 11.8 Å². The van der Waals surface area contributed by atoms with Crippen LogP contribution in [-0.2, 0) is 0 Å². The van der Waals surface area contributed by atoms with E-state index in [-0.39, 0.29) is 11.9 Å². The van der Waals surface area contributed by atoms with Crippen molar-refractivity contribution in [2.24, 2.45) is 0 Å². The van der Waals surface area contributed by atoms with E-state index in [2.05, 4.69) is 10.3 Å². The highest BCUT2D eigenvalue weighted by molar-refractivity contribution is 7.99. The van der Waals surface area contributed by atoms with Crippen molar-refractivity contribution in [3.8, 4) is 0 Å². The van der Waals surface area contributed by atoms with E-state index in [1.54, 1.807) is 23.9 Å². The summed E-state index contributed by atoms with van der Waals surface area (Å²) in [5.41, 5.74) is 1.70. The van der Waals surface area contributed by atoms with Gasteiger partial charge in [0.05, 0.1) is 17.9 Å². The standard InChI is InChI=1S/C14H12F2N2S/c15-11-3-1-2-10-12(6-7-19-14(10)11)18-9-4-5-13(16)17-8-9/h1-5,8,12,18H,6-7H2. The van der Waals surface area contributed by atoms with Gasteiger partial charge in [0.1, 0.15) is 5.82 Å². The monoisotopic (exact) mass is 278 g/mol. The summed E-state index contributed by atoms with van der Waals surface area (Å²) < 4.78 is 26.5. The molecule has 1 aromatic carbocycles. The number of halogens is 2. The lowest BCUT2D eigenvalue weighted by atomic mass is 10.0. The number of hydrogen-bond acceptors (Lipinski definition) is 3. The Bertz CT molecular complexity index is 586. The smallest absolute Gasteiger partial charge is 0.212 e. The number of benzene rings is 1. The average Bonchev–Trinajstić information content (AvgIpc) is 2.43. The van der Waals surface area contributed by atoms with Crippen molar-refractivity contribution in [3.05, 3.63) is 53.9 Å². The number of hydrogen-bond donors (Lipinski definition) is 1. The molecule has 1 aromatic heterocycles. The molecular formula is C14H12F2N2S. The number of thioether (sulfide) groups is 1. The van der Waals surface area contributed by atoms with Crippen molar-refractivity contribution in [1.29, 1.82) is 0 Å². The second kappa shape index (κ2) is 5.17. The first-order valence-corrected chi connectivity index (χ1v) is 7.02. The summed E-state index contributed by atoms with van der Waals surface area (Å²) in [6, 6.07) is 8.12. The summed E-state index contributed by atoms with van der Waals surface area (Å²) in [6.07, 6.45) is 2.36. The maximum Gasteiger partial charge on any atom is 0.212 e. The number of nitrogens with zero attached hydrogens (tertiary/aromatic N) is 1. The predicted molar refractivity (Wildman–Crippen MR) is 72.3 cm³/mol. The minimum Gasteiger partial charge on any atom is -0.377 e. The Kier molecular flexibility index (Phi) is 3.38. The van der Waals surface area contributed by atoms with E-state index < -0.39 is 5.95 Å². The molecule has 0 bridgehead atoms. The molecule has 19 heavy (non-hydrogen) atoms. The zero-order valence-corrected chi connectivity index (χ0v) is 10.9. The van der Waals surface area contributed by atoms with E-state index in [1.165, 1.54) is 18.3 Å². The molecule has 0 aliphatic carbocycles. The second-order valence-electron chi connectivity index (χ2n) is 4.36. The molecule has 0 spiro atoms. The third-order valence-electron chi connectivity index (χ3n) is 3.09. The summed E-state index contributed by atoms with van der Waals surface area (Å²) in [4.78, 5) is 4.32. The van der Waals surface area contributed by atoms with Crippen molar-refractivity contribution in [3.63, 3.8) is 0 Å². The number of anilines is 1. The normalized spacial score (nSPS) is 17.9. The predicted octanol–water partition coefficient (Wildman–Crippen LogP) is 4.01. The SMILES string of the molecule is Fc1ccc(NC2CCSc3c(F)cccc32)cn1. The first kappa shape index (κ1) is 12.4. The molecule has 1 N–H and O–H groups in total. The molecule has 98 valence electrons. The van der Waals surface area contributed by atoms with E-state index in [0.29, 0.717) is 4.90 Å². The highest BCUT2D eigenvalue weighted by atomic mass is 32.2. The van der Waals surface area contributed by atoms with E-state index in [9.17, 15) is 8.78 Å². The molecule has 3 rings (SSSR count). The highest BCUT2D eigenvalue weighted by Gasteiger charge is 2.22. The molecule has 0 saturated carbocycles. The number of rotatable bonds is 2. The summed E-state index contributed by atoms with van der Waals surface area (Å²) >= 11 is 1.54. The van der Waals surface area contributed by atoms with Gasteiger partial charge in [0, 0.05) is 10.6 Å². The molecular weight excluding hydrogens is 266 g/mol. The van der Waals surface area contributed by atoms with Gasteiger partial charge in [0.2, 0.25) is 5.95 Å². The third kappa shape index (κ3) is 2.56. The molecule has 2 heterocycles. The molecule has 1 unspecified atom stereocenters. The summed E-state index contributed by atoms with van der Waals surface area (Å²) in [6.45, 7) is 0. The molecule has 5 heteroatoms. The van der Waals surface area contributed by atoms with Gasteiger partial charge in [0.15, 0.2) is 0 Å². The topological polar surface area (TPSA) is 24.9 Å². The van der Waals surface area contributed by atoms with Crippen LogP contribution in [0.1, 0.15) is 18.0 Å².